The molecular weight excluding hydrogens is 525 g/mol. The molecule has 6 aromatic rings. The van der Waals surface area contributed by atoms with E-state index in [1.54, 1.807) is 11.1 Å². The highest BCUT2D eigenvalue weighted by molar-refractivity contribution is 6.99. The van der Waals surface area contributed by atoms with Crippen LogP contribution < -0.4 is 0 Å². The molecule has 6 aromatic carbocycles. The van der Waals surface area contributed by atoms with E-state index >= 15 is 0 Å². The van der Waals surface area contributed by atoms with Crippen LogP contribution in [0.1, 0.15) is 11.1 Å². The van der Waals surface area contributed by atoms with Crippen molar-refractivity contribution in [3.63, 3.8) is 0 Å². The number of benzene rings is 6. The van der Waals surface area contributed by atoms with E-state index in [0.29, 0.717) is 0 Å². The fraction of sp³-hybridized carbons (Fsp3) is 0.179. The van der Waals surface area contributed by atoms with Crippen LogP contribution in [0, 0.1) is 0 Å². The highest BCUT2D eigenvalue weighted by atomic mass is 28.4. The van der Waals surface area contributed by atoms with Crippen molar-refractivity contribution in [1.82, 2.24) is 0 Å². The van der Waals surface area contributed by atoms with Crippen molar-refractivity contribution >= 4 is 37.7 Å². The quantitative estimate of drug-likeness (QED) is 0.148. The van der Waals surface area contributed by atoms with Gasteiger partial charge in [0.2, 0.25) is 0 Å². The van der Waals surface area contributed by atoms with Crippen LogP contribution in [0.4, 0.5) is 0 Å². The predicted molar refractivity (Wildman–Crippen MR) is 185 cm³/mol. The molecule has 41 heavy (non-hydrogen) atoms. The molecule has 2 heteroatoms. The lowest BCUT2D eigenvalue weighted by atomic mass is 9.90. The summed E-state index contributed by atoms with van der Waals surface area (Å²) in [5.74, 6) is 0. The van der Waals surface area contributed by atoms with E-state index in [0.717, 1.165) is 0 Å². The Morgan fingerprint density at radius 3 is 1.76 bits per heavy atom. The van der Waals surface area contributed by atoms with Gasteiger partial charge in [0.25, 0.3) is 0 Å². The molecule has 0 spiro atoms. The van der Waals surface area contributed by atoms with Crippen LogP contribution in [0.15, 0.2) is 121 Å². The van der Waals surface area contributed by atoms with Crippen molar-refractivity contribution in [3.8, 4) is 33.4 Å². The van der Waals surface area contributed by atoms with Gasteiger partial charge in [-0.2, -0.15) is 0 Å². The minimum Gasteiger partial charge on any atom is -0.0688 e. The van der Waals surface area contributed by atoms with Crippen LogP contribution in [0.5, 0.6) is 0 Å². The molecule has 0 N–H and O–H groups in total. The molecule has 0 nitrogen and oxygen atoms in total. The zero-order chi connectivity index (χ0) is 28.6. The maximum atomic E-state index is 2.59. The molecule has 1 aliphatic rings. The number of fused-ring (bicyclic) bond motifs is 5. The number of hydrogen-bond acceptors (Lipinski definition) is 0. The molecule has 0 unspecified atom stereocenters. The highest BCUT2D eigenvalue weighted by Crippen LogP contribution is 2.58. The average molecular weight is 563 g/mol. The minimum absolute atomic E-state index is 0.162. The Balaban J connectivity index is 1.47. The van der Waals surface area contributed by atoms with Crippen LogP contribution in [0.3, 0.4) is 0 Å². The van der Waals surface area contributed by atoms with Gasteiger partial charge in [-0.15, -0.1) is 0 Å². The van der Waals surface area contributed by atoms with Crippen LogP contribution in [0.25, 0.3) is 54.9 Å². The van der Waals surface area contributed by atoms with Gasteiger partial charge in [0, 0.05) is 4.66 Å². The van der Waals surface area contributed by atoms with Gasteiger partial charge in [-0.25, -0.2) is 0 Å². The van der Waals surface area contributed by atoms with Crippen LogP contribution >= 0.6 is 0 Å². The summed E-state index contributed by atoms with van der Waals surface area (Å²) < 4.78 is 0.162. The lowest BCUT2D eigenvalue weighted by Crippen LogP contribution is -2.63. The zero-order valence-electron chi connectivity index (χ0n) is 25.0. The second-order valence-corrected chi connectivity index (χ2v) is 24.8. The van der Waals surface area contributed by atoms with Crippen LogP contribution in [0.2, 0.25) is 39.3 Å². The van der Waals surface area contributed by atoms with Crippen molar-refractivity contribution in [2.24, 2.45) is 0 Å². The van der Waals surface area contributed by atoms with E-state index in [2.05, 4.69) is 161 Å². The van der Waals surface area contributed by atoms with Gasteiger partial charge < -0.3 is 0 Å². The molecule has 0 fully saturated rings. The Morgan fingerprint density at radius 2 is 1.00 bits per heavy atom. The fourth-order valence-corrected chi connectivity index (χ4v) is 21.5. The van der Waals surface area contributed by atoms with Crippen LogP contribution in [-0.2, 0) is 4.66 Å². The molecule has 0 aliphatic heterocycles. The molecule has 0 amide bonds. The lowest BCUT2D eigenvalue weighted by Gasteiger charge is -2.51. The first kappa shape index (κ1) is 26.2. The molecule has 0 saturated carbocycles. The van der Waals surface area contributed by atoms with E-state index < -0.39 is 16.1 Å². The van der Waals surface area contributed by atoms with E-state index in [-0.39, 0.29) is 4.66 Å². The van der Waals surface area contributed by atoms with Gasteiger partial charge in [-0.1, -0.05) is 148 Å². The van der Waals surface area contributed by atoms with E-state index in [1.807, 2.05) is 0 Å². The number of hydrogen-bond donors (Lipinski definition) is 0. The van der Waals surface area contributed by atoms with E-state index in [9.17, 15) is 0 Å². The largest absolute Gasteiger partial charge is 0.0688 e. The van der Waals surface area contributed by atoms with Gasteiger partial charge in [0.15, 0.2) is 0 Å². The lowest BCUT2D eigenvalue weighted by molar-refractivity contribution is 0.952. The Hall–Kier alpha value is -3.73. The van der Waals surface area contributed by atoms with Crippen molar-refractivity contribution in [2.45, 2.75) is 43.9 Å². The van der Waals surface area contributed by atoms with Crippen LogP contribution in [-0.4, -0.2) is 16.1 Å². The summed E-state index contributed by atoms with van der Waals surface area (Å²) in [6, 6.07) is 45.8. The second kappa shape index (κ2) is 9.14. The summed E-state index contributed by atoms with van der Waals surface area (Å²) in [6.07, 6.45) is 0. The molecule has 202 valence electrons. The Morgan fingerprint density at radius 1 is 0.415 bits per heavy atom. The Kier molecular flexibility index (Phi) is 5.84. The molecule has 0 saturated heterocycles. The summed E-state index contributed by atoms with van der Waals surface area (Å²) in [4.78, 5) is 0. The molecule has 0 bridgehead atoms. The predicted octanol–water partition coefficient (Wildman–Crippen LogP) is 11.3. The molecule has 0 atom stereocenters. The monoisotopic (exact) mass is 562 g/mol. The third-order valence-corrected chi connectivity index (χ3v) is 19.6. The van der Waals surface area contributed by atoms with Crippen molar-refractivity contribution in [1.29, 1.82) is 0 Å². The molecule has 0 radical (unpaired) electrons. The molecule has 1 aliphatic carbocycles. The van der Waals surface area contributed by atoms with Gasteiger partial charge >= 0.3 is 0 Å². The van der Waals surface area contributed by atoms with Gasteiger partial charge in [-0.3, -0.25) is 0 Å². The molecular formula is C39H38Si2. The maximum absolute atomic E-state index is 2.59. The second-order valence-electron chi connectivity index (χ2n) is 13.8. The summed E-state index contributed by atoms with van der Waals surface area (Å²) in [7, 11) is -3.39. The highest BCUT2D eigenvalue weighted by Gasteiger charge is 2.59. The summed E-state index contributed by atoms with van der Waals surface area (Å²) in [6.45, 7) is 15.6. The summed E-state index contributed by atoms with van der Waals surface area (Å²) >= 11 is 0. The fourth-order valence-electron chi connectivity index (χ4n) is 8.37. The van der Waals surface area contributed by atoms with Crippen molar-refractivity contribution in [2.75, 3.05) is 0 Å². The molecule has 0 heterocycles. The van der Waals surface area contributed by atoms with E-state index in [1.165, 1.54) is 54.9 Å². The van der Waals surface area contributed by atoms with Gasteiger partial charge in [0.1, 0.15) is 0 Å². The topological polar surface area (TPSA) is 0 Å². The summed E-state index contributed by atoms with van der Waals surface area (Å²) in [5.41, 5.74) is 11.3. The maximum Gasteiger partial charge on any atom is 0.0579 e. The van der Waals surface area contributed by atoms with Crippen molar-refractivity contribution < 1.29 is 0 Å². The first-order valence-electron chi connectivity index (χ1n) is 14.9. The Labute approximate surface area is 246 Å². The first-order chi connectivity index (χ1) is 19.6. The standard InChI is InChI=1S/C39H38Si2/c1-40(2,3)39(41(4,5)6)36-19-13-12-18-34(36)35-23-21-29(26-37(35)39)28-20-22-33-31(24-28)25-30-16-10-11-17-32(30)38(33)27-14-8-7-9-15-27/h7-26H,1-6H3. The molecule has 0 aromatic heterocycles. The van der Waals surface area contributed by atoms with Crippen molar-refractivity contribution in [3.05, 3.63) is 132 Å². The Bertz CT molecular complexity index is 1940. The van der Waals surface area contributed by atoms with Gasteiger partial charge in [0.05, 0.1) is 16.1 Å². The normalized spacial score (nSPS) is 14.3. The first-order valence-corrected chi connectivity index (χ1v) is 21.9. The minimum atomic E-state index is -1.69. The zero-order valence-corrected chi connectivity index (χ0v) is 27.0. The number of rotatable bonds is 4. The van der Waals surface area contributed by atoms with E-state index in [4.69, 9.17) is 0 Å². The molecule has 7 rings (SSSR count). The smallest absolute Gasteiger partial charge is 0.0579 e. The third-order valence-electron chi connectivity index (χ3n) is 9.55. The average Bonchev–Trinajstić information content (AvgIpc) is 3.27. The third kappa shape index (κ3) is 3.77. The summed E-state index contributed by atoms with van der Waals surface area (Å²) in [5, 5.41) is 5.21. The SMILES string of the molecule is C[Si](C)(C)C1([Si](C)(C)C)c2ccccc2-c2ccc(-c3ccc4c(-c5ccccc5)c5ccccc5cc4c3)cc21. The van der Waals surface area contributed by atoms with Gasteiger partial charge in [-0.05, 0) is 78.2 Å².